The predicted molar refractivity (Wildman–Crippen MR) is 106 cm³/mol. The number of benzene rings is 1. The molecule has 0 saturated carbocycles. The van der Waals surface area contributed by atoms with Gasteiger partial charge < -0.3 is 15.4 Å². The summed E-state index contributed by atoms with van der Waals surface area (Å²) in [6, 6.07) is 6.78. The number of nitrogens with zero attached hydrogens (tertiary/aromatic N) is 5. The molecule has 0 bridgehead atoms. The average Bonchev–Trinajstić information content (AvgIpc) is 3.41. The molecule has 2 aromatic heterocycles. The molecule has 1 atom stereocenters. The molecular formula is C19H24FN7O2. The summed E-state index contributed by atoms with van der Waals surface area (Å²) in [7, 11) is 1.64. The molecule has 1 aromatic carbocycles. The Balaban J connectivity index is 1.56. The van der Waals surface area contributed by atoms with Crippen LogP contribution >= 0.6 is 0 Å². The molecular weight excluding hydrogens is 377 g/mol. The van der Waals surface area contributed by atoms with Crippen molar-refractivity contribution in [1.29, 1.82) is 0 Å². The number of rotatable bonds is 9. The standard InChI is InChI=1S/C19H24FN7O2/c1-28-11-8-21-16-17(24-19-18(23-16)25-29-26-19)22-12-15(27-9-2-3-10-27)13-4-6-14(20)7-5-13/h4-7,15H,2-3,8-12H2,1H3,(H,21,23,25)(H,22,24,26)/t15-/m0/s1. The van der Waals surface area contributed by atoms with Crippen molar-refractivity contribution >= 4 is 22.9 Å². The molecule has 3 heterocycles. The van der Waals surface area contributed by atoms with Crippen LogP contribution in [0.3, 0.4) is 0 Å². The van der Waals surface area contributed by atoms with Gasteiger partial charge in [-0.1, -0.05) is 12.1 Å². The van der Waals surface area contributed by atoms with Gasteiger partial charge in [-0.3, -0.25) is 4.90 Å². The van der Waals surface area contributed by atoms with E-state index in [0.29, 0.717) is 42.6 Å². The average molecular weight is 401 g/mol. The highest BCUT2D eigenvalue weighted by Gasteiger charge is 2.24. The number of halogens is 1. The molecule has 1 saturated heterocycles. The van der Waals surface area contributed by atoms with Gasteiger partial charge in [0.05, 0.1) is 12.6 Å². The first-order chi connectivity index (χ1) is 14.2. The Kier molecular flexibility index (Phi) is 6.11. The first-order valence-corrected chi connectivity index (χ1v) is 9.71. The van der Waals surface area contributed by atoms with Crippen LogP contribution in [0.5, 0.6) is 0 Å². The second kappa shape index (κ2) is 9.10. The molecule has 0 amide bonds. The van der Waals surface area contributed by atoms with Crippen LogP contribution in [0.2, 0.25) is 0 Å². The van der Waals surface area contributed by atoms with Crippen LogP contribution in [-0.2, 0) is 4.74 Å². The zero-order valence-corrected chi connectivity index (χ0v) is 16.3. The Morgan fingerprint density at radius 2 is 1.72 bits per heavy atom. The molecule has 9 nitrogen and oxygen atoms in total. The summed E-state index contributed by atoms with van der Waals surface area (Å²) in [5, 5.41) is 14.1. The van der Waals surface area contributed by atoms with Crippen LogP contribution in [0.1, 0.15) is 24.4 Å². The van der Waals surface area contributed by atoms with Gasteiger partial charge in [-0.2, -0.15) is 0 Å². The lowest BCUT2D eigenvalue weighted by atomic mass is 10.1. The van der Waals surface area contributed by atoms with E-state index in [1.54, 1.807) is 7.11 Å². The molecule has 1 fully saturated rings. The third-order valence-corrected chi connectivity index (χ3v) is 5.01. The minimum atomic E-state index is -0.235. The molecule has 0 aliphatic carbocycles. The van der Waals surface area contributed by atoms with Crippen molar-refractivity contribution in [2.24, 2.45) is 0 Å². The normalized spacial score (nSPS) is 15.7. The predicted octanol–water partition coefficient (Wildman–Crippen LogP) is 2.46. The van der Waals surface area contributed by atoms with E-state index in [9.17, 15) is 4.39 Å². The van der Waals surface area contributed by atoms with Crippen molar-refractivity contribution < 1.29 is 13.8 Å². The molecule has 29 heavy (non-hydrogen) atoms. The van der Waals surface area contributed by atoms with Gasteiger partial charge in [0.2, 0.25) is 11.3 Å². The zero-order valence-electron chi connectivity index (χ0n) is 16.3. The highest BCUT2D eigenvalue weighted by Crippen LogP contribution is 2.27. The minimum Gasteiger partial charge on any atom is -0.383 e. The summed E-state index contributed by atoms with van der Waals surface area (Å²) in [4.78, 5) is 11.3. The van der Waals surface area contributed by atoms with Crippen molar-refractivity contribution in [2.45, 2.75) is 18.9 Å². The Hall–Kier alpha value is -2.85. The largest absolute Gasteiger partial charge is 0.383 e. The maximum absolute atomic E-state index is 13.4. The van der Waals surface area contributed by atoms with Crippen LogP contribution in [0.15, 0.2) is 28.9 Å². The second-order valence-corrected chi connectivity index (χ2v) is 6.94. The SMILES string of the molecule is COCCNc1nc2nonc2nc1NC[C@@H](c1ccc(F)cc1)N1CCCC1. The summed E-state index contributed by atoms with van der Waals surface area (Å²) in [5.74, 6) is 0.890. The number of hydrogen-bond donors (Lipinski definition) is 2. The van der Waals surface area contributed by atoms with E-state index in [0.717, 1.165) is 31.5 Å². The number of hydrogen-bond acceptors (Lipinski definition) is 9. The second-order valence-electron chi connectivity index (χ2n) is 6.94. The van der Waals surface area contributed by atoms with Crippen LogP contribution in [0, 0.1) is 5.82 Å². The van der Waals surface area contributed by atoms with Crippen molar-refractivity contribution in [3.63, 3.8) is 0 Å². The van der Waals surface area contributed by atoms with Gasteiger partial charge in [-0.25, -0.2) is 19.0 Å². The third-order valence-electron chi connectivity index (χ3n) is 5.01. The van der Waals surface area contributed by atoms with Gasteiger partial charge in [0.25, 0.3) is 0 Å². The summed E-state index contributed by atoms with van der Waals surface area (Å²) in [6.45, 7) is 3.73. The Morgan fingerprint density at radius 1 is 1.07 bits per heavy atom. The first kappa shape index (κ1) is 19.5. The van der Waals surface area contributed by atoms with E-state index in [2.05, 4.69) is 35.8 Å². The molecule has 1 aliphatic rings. The summed E-state index contributed by atoms with van der Waals surface area (Å²) < 4.78 is 23.2. The number of methoxy groups -OCH3 is 1. The Bertz CT molecular complexity index is 928. The number of likely N-dealkylation sites (tertiary alicyclic amines) is 1. The van der Waals surface area contributed by atoms with Crippen LogP contribution in [0.25, 0.3) is 11.3 Å². The molecule has 154 valence electrons. The lowest BCUT2D eigenvalue weighted by Crippen LogP contribution is -2.31. The number of fused-ring (bicyclic) bond motifs is 1. The lowest BCUT2D eigenvalue weighted by molar-refractivity contribution is 0.210. The minimum absolute atomic E-state index is 0.0952. The van der Waals surface area contributed by atoms with Crippen molar-refractivity contribution in [2.75, 3.05) is 50.5 Å². The van der Waals surface area contributed by atoms with E-state index in [1.165, 1.54) is 12.1 Å². The lowest BCUT2D eigenvalue weighted by Gasteiger charge is -2.28. The fourth-order valence-electron chi connectivity index (χ4n) is 3.55. The maximum atomic E-state index is 13.4. The first-order valence-electron chi connectivity index (χ1n) is 9.71. The molecule has 10 heteroatoms. The number of anilines is 2. The topological polar surface area (TPSA) is 101 Å². The van der Waals surface area contributed by atoms with Gasteiger partial charge in [0.1, 0.15) is 5.82 Å². The molecule has 1 aliphatic heterocycles. The third kappa shape index (κ3) is 4.60. The van der Waals surface area contributed by atoms with Crippen LogP contribution < -0.4 is 10.6 Å². The van der Waals surface area contributed by atoms with Gasteiger partial charge in [-0.15, -0.1) is 0 Å². The van der Waals surface area contributed by atoms with Gasteiger partial charge >= 0.3 is 0 Å². The molecule has 0 spiro atoms. The van der Waals surface area contributed by atoms with Crippen molar-refractivity contribution in [3.05, 3.63) is 35.6 Å². The fraction of sp³-hybridized carbons (Fsp3) is 0.474. The van der Waals surface area contributed by atoms with Gasteiger partial charge in [0.15, 0.2) is 11.6 Å². The Morgan fingerprint density at radius 3 is 2.38 bits per heavy atom. The maximum Gasteiger partial charge on any atom is 0.245 e. The summed E-state index contributed by atoms with van der Waals surface area (Å²) >= 11 is 0. The van der Waals surface area contributed by atoms with Gasteiger partial charge in [-0.05, 0) is 53.9 Å². The Labute approximate surface area is 167 Å². The number of aromatic nitrogens is 4. The van der Waals surface area contributed by atoms with Crippen LogP contribution in [0.4, 0.5) is 16.0 Å². The van der Waals surface area contributed by atoms with Crippen molar-refractivity contribution in [3.8, 4) is 0 Å². The van der Waals surface area contributed by atoms with Gasteiger partial charge in [0, 0.05) is 20.2 Å². The number of nitrogens with one attached hydrogen (secondary N) is 2. The quantitative estimate of drug-likeness (QED) is 0.524. The van der Waals surface area contributed by atoms with E-state index >= 15 is 0 Å². The summed E-state index contributed by atoms with van der Waals surface area (Å²) in [5.41, 5.74) is 1.74. The molecule has 0 radical (unpaired) electrons. The van der Waals surface area contributed by atoms with E-state index in [4.69, 9.17) is 9.37 Å². The monoisotopic (exact) mass is 401 g/mol. The number of ether oxygens (including phenoxy) is 1. The fourth-order valence-corrected chi connectivity index (χ4v) is 3.55. The highest BCUT2D eigenvalue weighted by molar-refractivity contribution is 5.73. The smallest absolute Gasteiger partial charge is 0.245 e. The van der Waals surface area contributed by atoms with E-state index in [-0.39, 0.29) is 11.9 Å². The molecule has 0 unspecified atom stereocenters. The van der Waals surface area contributed by atoms with E-state index in [1.807, 2.05) is 12.1 Å². The van der Waals surface area contributed by atoms with E-state index < -0.39 is 0 Å². The van der Waals surface area contributed by atoms with Crippen LogP contribution in [-0.4, -0.2) is 65.1 Å². The highest BCUT2D eigenvalue weighted by atomic mass is 19.1. The zero-order chi connectivity index (χ0) is 20.1. The summed E-state index contributed by atoms with van der Waals surface area (Å²) in [6.07, 6.45) is 2.33. The molecule has 4 rings (SSSR count). The van der Waals surface area contributed by atoms with Crippen molar-refractivity contribution in [1.82, 2.24) is 25.2 Å². The molecule has 3 aromatic rings. The molecule has 2 N–H and O–H groups in total.